The van der Waals surface area contributed by atoms with Crippen LogP contribution >= 0.6 is 0 Å². The van der Waals surface area contributed by atoms with E-state index in [9.17, 15) is 4.79 Å². The van der Waals surface area contributed by atoms with Crippen LogP contribution in [0.15, 0.2) is 24.3 Å². The Balaban J connectivity index is 2.36. The van der Waals surface area contributed by atoms with Gasteiger partial charge in [-0.3, -0.25) is 9.69 Å². The summed E-state index contributed by atoms with van der Waals surface area (Å²) in [5.41, 5.74) is 1.10. The predicted molar refractivity (Wildman–Crippen MR) is 75.0 cm³/mol. The van der Waals surface area contributed by atoms with Crippen LogP contribution in [0, 0.1) is 0 Å². The molecule has 1 atom stereocenters. The van der Waals surface area contributed by atoms with Crippen molar-refractivity contribution in [3.63, 3.8) is 0 Å². The summed E-state index contributed by atoms with van der Waals surface area (Å²) in [7, 11) is 3.72. The van der Waals surface area contributed by atoms with Crippen molar-refractivity contribution in [2.75, 3.05) is 20.7 Å². The van der Waals surface area contributed by atoms with E-state index >= 15 is 0 Å². The maximum atomic E-state index is 11.9. The largest absolute Gasteiger partial charge is 0.497 e. The van der Waals surface area contributed by atoms with Crippen molar-refractivity contribution >= 4 is 5.91 Å². The third-order valence-corrected chi connectivity index (χ3v) is 3.99. The summed E-state index contributed by atoms with van der Waals surface area (Å²) in [5, 5.41) is 0. The van der Waals surface area contributed by atoms with Gasteiger partial charge >= 0.3 is 0 Å². The van der Waals surface area contributed by atoms with Crippen LogP contribution in [0.2, 0.25) is 0 Å². The maximum absolute atomic E-state index is 11.9. The predicted octanol–water partition coefficient (Wildman–Crippen LogP) is 2.27. The van der Waals surface area contributed by atoms with Crippen LogP contribution in [0.4, 0.5) is 0 Å². The second-order valence-corrected chi connectivity index (χ2v) is 5.72. The van der Waals surface area contributed by atoms with Crippen molar-refractivity contribution in [2.24, 2.45) is 0 Å². The molecular formula is C15H22N2O2. The summed E-state index contributed by atoms with van der Waals surface area (Å²) >= 11 is 0. The summed E-state index contributed by atoms with van der Waals surface area (Å²) < 4.78 is 5.18. The van der Waals surface area contributed by atoms with Gasteiger partial charge in [-0.25, -0.2) is 0 Å². The zero-order chi connectivity index (χ0) is 14.2. The molecule has 1 heterocycles. The van der Waals surface area contributed by atoms with Crippen molar-refractivity contribution in [2.45, 2.75) is 32.5 Å². The van der Waals surface area contributed by atoms with Crippen LogP contribution in [0.1, 0.15) is 32.5 Å². The minimum Gasteiger partial charge on any atom is -0.497 e. The number of likely N-dealkylation sites (N-methyl/N-ethyl adjacent to an activating group) is 1. The Morgan fingerprint density at radius 1 is 1.32 bits per heavy atom. The zero-order valence-corrected chi connectivity index (χ0v) is 12.3. The molecule has 0 bridgehead atoms. The fourth-order valence-corrected chi connectivity index (χ4v) is 2.62. The Morgan fingerprint density at radius 2 is 1.89 bits per heavy atom. The van der Waals surface area contributed by atoms with E-state index in [1.54, 1.807) is 14.0 Å². The minimum atomic E-state index is -0.0176. The summed E-state index contributed by atoms with van der Waals surface area (Å²) in [6, 6.07) is 7.92. The molecule has 19 heavy (non-hydrogen) atoms. The first-order valence-corrected chi connectivity index (χ1v) is 6.51. The molecule has 1 aliphatic rings. The van der Waals surface area contributed by atoms with E-state index in [0.717, 1.165) is 17.9 Å². The van der Waals surface area contributed by atoms with Crippen LogP contribution in [0.3, 0.4) is 0 Å². The molecule has 0 aliphatic carbocycles. The number of nitrogens with zero attached hydrogens (tertiary/aromatic N) is 2. The number of rotatable bonds is 2. The molecular weight excluding hydrogens is 240 g/mol. The van der Waals surface area contributed by atoms with Gasteiger partial charge in [0.05, 0.1) is 7.11 Å². The van der Waals surface area contributed by atoms with Gasteiger partial charge in [0, 0.05) is 19.0 Å². The fraction of sp³-hybridized carbons (Fsp3) is 0.533. The number of ether oxygens (including phenoxy) is 1. The highest BCUT2D eigenvalue weighted by Crippen LogP contribution is 2.38. The van der Waals surface area contributed by atoms with E-state index in [-0.39, 0.29) is 17.6 Å². The first-order chi connectivity index (χ1) is 8.86. The SMILES string of the molecule is COc1ccc(C2N(C(C)=O)CC(C)(C)N2C)cc1. The monoisotopic (exact) mass is 262 g/mol. The van der Waals surface area contributed by atoms with E-state index in [2.05, 4.69) is 25.8 Å². The fourth-order valence-electron chi connectivity index (χ4n) is 2.62. The Hall–Kier alpha value is -1.55. The number of hydrogen-bond acceptors (Lipinski definition) is 3. The average Bonchev–Trinajstić information content (AvgIpc) is 2.61. The van der Waals surface area contributed by atoms with Gasteiger partial charge in [-0.2, -0.15) is 0 Å². The molecule has 1 aromatic rings. The first kappa shape index (κ1) is 13.9. The molecule has 1 fully saturated rings. The van der Waals surface area contributed by atoms with Gasteiger partial charge in [-0.15, -0.1) is 0 Å². The van der Waals surface area contributed by atoms with Crippen LogP contribution < -0.4 is 4.74 Å². The Morgan fingerprint density at radius 3 is 2.37 bits per heavy atom. The summed E-state index contributed by atoms with van der Waals surface area (Å²) in [5.74, 6) is 0.941. The van der Waals surface area contributed by atoms with E-state index < -0.39 is 0 Å². The highest BCUT2D eigenvalue weighted by molar-refractivity contribution is 5.74. The van der Waals surface area contributed by atoms with Gasteiger partial charge in [0.25, 0.3) is 0 Å². The molecule has 0 saturated carbocycles. The van der Waals surface area contributed by atoms with Crippen LogP contribution in [0.5, 0.6) is 5.75 Å². The molecule has 4 heteroatoms. The molecule has 4 nitrogen and oxygen atoms in total. The molecule has 104 valence electrons. The van der Waals surface area contributed by atoms with E-state index in [4.69, 9.17) is 4.74 Å². The number of benzene rings is 1. The number of methoxy groups -OCH3 is 1. The lowest BCUT2D eigenvalue weighted by Gasteiger charge is -2.31. The van der Waals surface area contributed by atoms with Gasteiger partial charge in [0.15, 0.2) is 0 Å². The normalized spacial score (nSPS) is 22.6. The average molecular weight is 262 g/mol. The molecule has 0 N–H and O–H groups in total. The Labute approximate surface area is 115 Å². The number of hydrogen-bond donors (Lipinski definition) is 0. The van der Waals surface area contributed by atoms with Crippen molar-refractivity contribution < 1.29 is 9.53 Å². The number of carbonyl (C=O) groups excluding carboxylic acids is 1. The lowest BCUT2D eigenvalue weighted by atomic mass is 10.1. The highest BCUT2D eigenvalue weighted by atomic mass is 16.5. The summed E-state index contributed by atoms with van der Waals surface area (Å²) in [4.78, 5) is 16.0. The van der Waals surface area contributed by atoms with Gasteiger partial charge in [0.2, 0.25) is 5.91 Å². The smallest absolute Gasteiger partial charge is 0.221 e. The summed E-state index contributed by atoms with van der Waals surface area (Å²) in [6.07, 6.45) is -0.00148. The molecule has 2 rings (SSSR count). The van der Waals surface area contributed by atoms with E-state index in [1.165, 1.54) is 0 Å². The second-order valence-electron chi connectivity index (χ2n) is 5.72. The third kappa shape index (κ3) is 2.45. The van der Waals surface area contributed by atoms with E-state index in [1.807, 2.05) is 29.2 Å². The molecule has 0 radical (unpaired) electrons. The Bertz CT molecular complexity index is 468. The minimum absolute atomic E-state index is 0.00148. The van der Waals surface area contributed by atoms with Gasteiger partial charge in [-0.05, 0) is 38.6 Å². The molecule has 1 aliphatic heterocycles. The standard InChI is InChI=1S/C15H22N2O2/c1-11(18)17-10-15(2,3)16(4)14(17)12-6-8-13(19-5)9-7-12/h6-9,14H,10H2,1-5H3. The quantitative estimate of drug-likeness (QED) is 0.819. The molecule has 1 amide bonds. The number of amides is 1. The second kappa shape index (κ2) is 4.85. The van der Waals surface area contributed by atoms with Crippen molar-refractivity contribution in [3.8, 4) is 5.75 Å². The lowest BCUT2D eigenvalue weighted by molar-refractivity contribution is -0.131. The van der Waals surface area contributed by atoms with Gasteiger partial charge in [0.1, 0.15) is 11.9 Å². The molecule has 1 saturated heterocycles. The summed E-state index contributed by atoms with van der Waals surface area (Å²) in [6.45, 7) is 6.69. The van der Waals surface area contributed by atoms with Crippen LogP contribution in [0.25, 0.3) is 0 Å². The van der Waals surface area contributed by atoms with Crippen molar-refractivity contribution in [1.82, 2.24) is 9.80 Å². The van der Waals surface area contributed by atoms with E-state index in [0.29, 0.717) is 0 Å². The third-order valence-electron chi connectivity index (χ3n) is 3.99. The Kier molecular flexibility index (Phi) is 3.54. The first-order valence-electron chi connectivity index (χ1n) is 6.51. The zero-order valence-electron chi connectivity index (χ0n) is 12.3. The van der Waals surface area contributed by atoms with Gasteiger partial charge < -0.3 is 9.64 Å². The van der Waals surface area contributed by atoms with Crippen LogP contribution in [-0.4, -0.2) is 41.9 Å². The molecule has 1 unspecified atom stereocenters. The van der Waals surface area contributed by atoms with Gasteiger partial charge in [-0.1, -0.05) is 12.1 Å². The molecule has 0 spiro atoms. The molecule has 0 aromatic heterocycles. The lowest BCUT2D eigenvalue weighted by Crippen LogP contribution is -2.38. The molecule has 1 aromatic carbocycles. The number of carbonyl (C=O) groups is 1. The highest BCUT2D eigenvalue weighted by Gasteiger charge is 2.44. The maximum Gasteiger partial charge on any atom is 0.221 e. The van der Waals surface area contributed by atoms with Crippen LogP contribution in [-0.2, 0) is 4.79 Å². The van der Waals surface area contributed by atoms with Crippen molar-refractivity contribution in [1.29, 1.82) is 0 Å². The van der Waals surface area contributed by atoms with Crippen molar-refractivity contribution in [3.05, 3.63) is 29.8 Å². The topological polar surface area (TPSA) is 32.8 Å².